The Morgan fingerprint density at radius 3 is 2.83 bits per heavy atom. The van der Waals surface area contributed by atoms with Crippen molar-refractivity contribution < 1.29 is 0 Å². The molecule has 0 saturated carbocycles. The van der Waals surface area contributed by atoms with E-state index in [0.29, 0.717) is 0 Å². The Labute approximate surface area is 87.3 Å². The highest BCUT2D eigenvalue weighted by atomic mass is 127. The maximum absolute atomic E-state index is 2.38. The Balaban J connectivity index is 2.35. The number of nitrogens with zero attached hydrogens (tertiary/aromatic N) is 1. The third-order valence-corrected chi connectivity index (χ3v) is 3.05. The number of hydrogen-bond donors (Lipinski definition) is 0. The van der Waals surface area contributed by atoms with E-state index in [1.165, 1.54) is 16.7 Å². The standard InChI is InChI=1S/C10H12IN/c1-2-8-3-4-9-6-12(11)7-10(9)5-8/h3-5H,2,6-7H2,1H3. The zero-order valence-electron chi connectivity index (χ0n) is 7.18. The highest BCUT2D eigenvalue weighted by Gasteiger charge is 2.15. The van der Waals surface area contributed by atoms with Gasteiger partial charge >= 0.3 is 0 Å². The van der Waals surface area contributed by atoms with Crippen molar-refractivity contribution in [2.75, 3.05) is 0 Å². The molecule has 0 aromatic heterocycles. The molecule has 1 aromatic rings. The molecule has 64 valence electrons. The SMILES string of the molecule is CCc1ccc2c(c1)CN(I)C2. The minimum atomic E-state index is 1.11. The summed E-state index contributed by atoms with van der Waals surface area (Å²) in [7, 11) is 0. The van der Waals surface area contributed by atoms with Gasteiger partial charge in [0.15, 0.2) is 0 Å². The minimum Gasteiger partial charge on any atom is -0.239 e. The molecule has 0 aliphatic carbocycles. The van der Waals surface area contributed by atoms with Gasteiger partial charge in [0.25, 0.3) is 0 Å². The van der Waals surface area contributed by atoms with Crippen LogP contribution in [-0.2, 0) is 19.5 Å². The molecule has 0 spiro atoms. The molecule has 0 atom stereocenters. The Bertz CT molecular complexity index is 296. The van der Waals surface area contributed by atoms with Crippen molar-refractivity contribution in [3.05, 3.63) is 34.9 Å². The van der Waals surface area contributed by atoms with E-state index in [-0.39, 0.29) is 0 Å². The van der Waals surface area contributed by atoms with Crippen LogP contribution in [0, 0.1) is 0 Å². The topological polar surface area (TPSA) is 3.24 Å². The van der Waals surface area contributed by atoms with Crippen LogP contribution in [0.4, 0.5) is 0 Å². The predicted octanol–water partition coefficient (Wildman–Crippen LogP) is 2.91. The quantitative estimate of drug-likeness (QED) is 0.561. The Morgan fingerprint density at radius 2 is 2.08 bits per heavy atom. The van der Waals surface area contributed by atoms with Gasteiger partial charge in [-0.2, -0.15) is 0 Å². The van der Waals surface area contributed by atoms with Crippen molar-refractivity contribution in [2.24, 2.45) is 0 Å². The molecule has 1 aliphatic heterocycles. The van der Waals surface area contributed by atoms with Crippen LogP contribution in [0.2, 0.25) is 0 Å². The van der Waals surface area contributed by atoms with Crippen LogP contribution in [0.3, 0.4) is 0 Å². The molecule has 2 rings (SSSR count). The van der Waals surface area contributed by atoms with Crippen LogP contribution >= 0.6 is 22.9 Å². The zero-order valence-corrected chi connectivity index (χ0v) is 9.34. The average molecular weight is 273 g/mol. The molecular formula is C10H12IN. The van der Waals surface area contributed by atoms with Crippen molar-refractivity contribution in [1.82, 2.24) is 3.11 Å². The largest absolute Gasteiger partial charge is 0.239 e. The minimum absolute atomic E-state index is 1.11. The Hall–Kier alpha value is -0.0900. The van der Waals surface area contributed by atoms with E-state index in [9.17, 15) is 0 Å². The highest BCUT2D eigenvalue weighted by Crippen LogP contribution is 2.26. The molecule has 0 bridgehead atoms. The van der Waals surface area contributed by atoms with E-state index >= 15 is 0 Å². The lowest BCUT2D eigenvalue weighted by atomic mass is 10.1. The summed E-state index contributed by atoms with van der Waals surface area (Å²) >= 11 is 2.38. The Kier molecular flexibility index (Phi) is 2.37. The summed E-state index contributed by atoms with van der Waals surface area (Å²) in [4.78, 5) is 0. The molecule has 1 aromatic carbocycles. The van der Waals surface area contributed by atoms with E-state index in [2.05, 4.69) is 51.1 Å². The van der Waals surface area contributed by atoms with Gasteiger partial charge in [0.05, 0.1) is 0 Å². The van der Waals surface area contributed by atoms with Crippen molar-refractivity contribution in [2.45, 2.75) is 26.4 Å². The fraction of sp³-hybridized carbons (Fsp3) is 0.400. The van der Waals surface area contributed by atoms with Crippen LogP contribution in [0.1, 0.15) is 23.6 Å². The average Bonchev–Trinajstić information content (AvgIpc) is 2.43. The van der Waals surface area contributed by atoms with Crippen LogP contribution < -0.4 is 0 Å². The van der Waals surface area contributed by atoms with Crippen LogP contribution in [0.15, 0.2) is 18.2 Å². The number of aryl methyl sites for hydroxylation is 1. The summed E-state index contributed by atoms with van der Waals surface area (Å²) in [6.45, 7) is 4.43. The van der Waals surface area contributed by atoms with Crippen molar-refractivity contribution in [3.8, 4) is 0 Å². The maximum Gasteiger partial charge on any atom is 0.0339 e. The Morgan fingerprint density at radius 1 is 1.33 bits per heavy atom. The zero-order chi connectivity index (χ0) is 8.55. The smallest absolute Gasteiger partial charge is 0.0339 e. The maximum atomic E-state index is 2.38. The third-order valence-electron chi connectivity index (χ3n) is 2.36. The fourth-order valence-electron chi connectivity index (χ4n) is 1.63. The van der Waals surface area contributed by atoms with E-state index in [1.807, 2.05) is 0 Å². The van der Waals surface area contributed by atoms with Crippen molar-refractivity contribution >= 4 is 22.9 Å². The van der Waals surface area contributed by atoms with E-state index in [4.69, 9.17) is 0 Å². The summed E-state index contributed by atoms with van der Waals surface area (Å²) in [6, 6.07) is 6.86. The van der Waals surface area contributed by atoms with E-state index < -0.39 is 0 Å². The summed E-state index contributed by atoms with van der Waals surface area (Å²) in [6.07, 6.45) is 1.15. The van der Waals surface area contributed by atoms with Crippen molar-refractivity contribution in [3.63, 3.8) is 0 Å². The molecule has 0 radical (unpaired) electrons. The second-order valence-corrected chi connectivity index (χ2v) is 4.60. The molecule has 0 amide bonds. The molecule has 0 N–H and O–H groups in total. The highest BCUT2D eigenvalue weighted by molar-refractivity contribution is 14.1. The van der Waals surface area contributed by atoms with Gasteiger partial charge in [-0.15, -0.1) is 0 Å². The van der Waals surface area contributed by atoms with Gasteiger partial charge in [-0.3, -0.25) is 0 Å². The van der Waals surface area contributed by atoms with Crippen LogP contribution in [0.5, 0.6) is 0 Å². The summed E-state index contributed by atoms with van der Waals surface area (Å²) in [5.41, 5.74) is 4.48. The normalized spacial score (nSPS) is 16.5. The number of halogens is 1. The van der Waals surface area contributed by atoms with Gasteiger partial charge in [0.2, 0.25) is 0 Å². The molecule has 12 heavy (non-hydrogen) atoms. The molecule has 0 saturated heterocycles. The monoisotopic (exact) mass is 273 g/mol. The fourth-order valence-corrected chi connectivity index (χ4v) is 2.36. The first-order valence-corrected chi connectivity index (χ1v) is 5.27. The number of rotatable bonds is 1. The molecular weight excluding hydrogens is 261 g/mol. The van der Waals surface area contributed by atoms with Gasteiger partial charge < -0.3 is 0 Å². The molecule has 0 unspecified atom stereocenters. The predicted molar refractivity (Wildman–Crippen MR) is 59.1 cm³/mol. The van der Waals surface area contributed by atoms with Gasteiger partial charge in [-0.1, -0.05) is 25.1 Å². The first-order valence-electron chi connectivity index (χ1n) is 4.31. The lowest BCUT2D eigenvalue weighted by Crippen LogP contribution is -1.97. The lowest BCUT2D eigenvalue weighted by Gasteiger charge is -2.00. The second-order valence-electron chi connectivity index (χ2n) is 3.24. The number of fused-ring (bicyclic) bond motifs is 1. The van der Waals surface area contributed by atoms with Gasteiger partial charge in [-0.25, -0.2) is 3.11 Å². The summed E-state index contributed by atoms with van der Waals surface area (Å²) in [5, 5.41) is 0. The third kappa shape index (κ3) is 1.50. The van der Waals surface area contributed by atoms with Crippen molar-refractivity contribution in [1.29, 1.82) is 0 Å². The lowest BCUT2D eigenvalue weighted by molar-refractivity contribution is 0.554. The molecule has 0 fully saturated rings. The molecule has 1 aliphatic rings. The molecule has 2 heteroatoms. The number of benzene rings is 1. The van der Waals surface area contributed by atoms with Gasteiger partial charge in [0, 0.05) is 36.0 Å². The second kappa shape index (κ2) is 3.34. The van der Waals surface area contributed by atoms with Gasteiger partial charge in [-0.05, 0) is 23.1 Å². The van der Waals surface area contributed by atoms with E-state index in [0.717, 1.165) is 19.5 Å². The van der Waals surface area contributed by atoms with E-state index in [1.54, 1.807) is 0 Å². The van der Waals surface area contributed by atoms with Crippen LogP contribution in [0.25, 0.3) is 0 Å². The summed E-state index contributed by atoms with van der Waals surface area (Å²) in [5.74, 6) is 0. The molecule has 1 nitrogen and oxygen atoms in total. The van der Waals surface area contributed by atoms with Gasteiger partial charge in [0.1, 0.15) is 0 Å². The molecule has 1 heterocycles. The number of hydrogen-bond acceptors (Lipinski definition) is 1. The van der Waals surface area contributed by atoms with Crippen LogP contribution in [-0.4, -0.2) is 3.11 Å². The first kappa shape index (κ1) is 8.51. The summed E-state index contributed by atoms with van der Waals surface area (Å²) < 4.78 is 2.32. The first-order chi connectivity index (χ1) is 5.79.